The van der Waals surface area contributed by atoms with Crippen LogP contribution < -0.4 is 5.32 Å². The maximum atomic E-state index is 14.7. The van der Waals surface area contributed by atoms with Crippen LogP contribution in [-0.4, -0.2) is 20.7 Å². The SMILES string of the molecule is [C-]#[N+]c1ccc(-c2cnn(-c3ccc(CNC(=O)c4scnc4CC)c(F)c3)c2)cc1Cl. The predicted octanol–water partition coefficient (Wildman–Crippen LogP) is 5.83. The lowest BCUT2D eigenvalue weighted by Crippen LogP contribution is -2.23. The van der Waals surface area contributed by atoms with Crippen LogP contribution in [0.4, 0.5) is 10.1 Å². The molecular weight excluding hydrogens is 449 g/mol. The average Bonchev–Trinajstić information content (AvgIpc) is 3.48. The second kappa shape index (κ2) is 9.30. The first-order valence-corrected chi connectivity index (χ1v) is 11.0. The van der Waals surface area contributed by atoms with E-state index in [2.05, 4.69) is 20.2 Å². The van der Waals surface area contributed by atoms with Crippen LogP contribution in [0.2, 0.25) is 5.02 Å². The third-order valence-corrected chi connectivity index (χ3v) is 6.08. The van der Waals surface area contributed by atoms with E-state index < -0.39 is 5.82 Å². The number of benzene rings is 2. The second-order valence-electron chi connectivity index (χ2n) is 6.89. The van der Waals surface area contributed by atoms with Crippen molar-refractivity contribution in [3.8, 4) is 16.8 Å². The van der Waals surface area contributed by atoms with Crippen LogP contribution >= 0.6 is 22.9 Å². The van der Waals surface area contributed by atoms with Gasteiger partial charge >= 0.3 is 0 Å². The fourth-order valence-corrected chi connectivity index (χ4v) is 4.19. The first kappa shape index (κ1) is 21.7. The lowest BCUT2D eigenvalue weighted by molar-refractivity contribution is 0.0953. The summed E-state index contributed by atoms with van der Waals surface area (Å²) in [5.74, 6) is -0.697. The lowest BCUT2D eigenvalue weighted by atomic mass is 10.1. The third-order valence-electron chi connectivity index (χ3n) is 4.91. The van der Waals surface area contributed by atoms with Crippen molar-refractivity contribution in [2.75, 3.05) is 0 Å². The summed E-state index contributed by atoms with van der Waals surface area (Å²) in [4.78, 5) is 20.4. The molecule has 0 radical (unpaired) electrons. The van der Waals surface area contributed by atoms with Gasteiger partial charge in [-0.2, -0.15) is 5.10 Å². The highest BCUT2D eigenvalue weighted by Gasteiger charge is 2.14. The summed E-state index contributed by atoms with van der Waals surface area (Å²) in [7, 11) is 0. The molecule has 2 heterocycles. The number of carbonyl (C=O) groups is 1. The Morgan fingerprint density at radius 2 is 2.12 bits per heavy atom. The standard InChI is InChI=1S/C23H17ClFN5OS/c1-3-20-22(32-13-28-20)23(31)27-10-15-4-6-17(9-19(15)25)30-12-16(11-29-30)14-5-7-21(26-2)18(24)8-14/h4-9,11-13H,3,10H2,1H3,(H,27,31). The van der Waals surface area contributed by atoms with E-state index in [1.54, 1.807) is 52.9 Å². The molecule has 0 fully saturated rings. The minimum atomic E-state index is -0.440. The first-order valence-electron chi connectivity index (χ1n) is 9.71. The molecule has 2 aromatic carbocycles. The zero-order chi connectivity index (χ0) is 22.7. The van der Waals surface area contributed by atoms with E-state index in [0.717, 1.165) is 16.8 Å². The summed E-state index contributed by atoms with van der Waals surface area (Å²) >= 11 is 7.39. The molecule has 0 saturated carbocycles. The molecule has 1 N–H and O–H groups in total. The van der Waals surface area contributed by atoms with Gasteiger partial charge in [0.25, 0.3) is 5.91 Å². The molecule has 1 amide bonds. The predicted molar refractivity (Wildman–Crippen MR) is 123 cm³/mol. The molecule has 9 heteroatoms. The van der Waals surface area contributed by atoms with Crippen molar-refractivity contribution in [1.29, 1.82) is 0 Å². The number of hydrogen-bond donors (Lipinski definition) is 1. The fourth-order valence-electron chi connectivity index (χ4n) is 3.17. The molecule has 4 rings (SSSR count). The number of aromatic nitrogens is 3. The highest BCUT2D eigenvalue weighted by atomic mass is 35.5. The number of carbonyl (C=O) groups excluding carboxylic acids is 1. The van der Waals surface area contributed by atoms with Gasteiger partial charge in [0.2, 0.25) is 5.69 Å². The minimum absolute atomic E-state index is 0.0717. The molecule has 0 spiro atoms. The largest absolute Gasteiger partial charge is 0.347 e. The van der Waals surface area contributed by atoms with Gasteiger partial charge in [-0.1, -0.05) is 36.7 Å². The number of hydrogen-bond acceptors (Lipinski definition) is 4. The van der Waals surface area contributed by atoms with E-state index in [-0.39, 0.29) is 12.5 Å². The summed E-state index contributed by atoms with van der Waals surface area (Å²) < 4.78 is 16.3. The fraction of sp³-hybridized carbons (Fsp3) is 0.130. The molecule has 0 bridgehead atoms. The first-order chi connectivity index (χ1) is 15.5. The number of amides is 1. The molecule has 32 heavy (non-hydrogen) atoms. The Kier molecular flexibility index (Phi) is 6.30. The Bertz CT molecular complexity index is 1340. The Hall–Kier alpha value is -3.54. The van der Waals surface area contributed by atoms with E-state index in [0.29, 0.717) is 33.3 Å². The van der Waals surface area contributed by atoms with Crippen molar-refractivity contribution in [3.63, 3.8) is 0 Å². The summed E-state index contributed by atoms with van der Waals surface area (Å²) in [6.45, 7) is 9.09. The molecule has 2 aromatic heterocycles. The second-order valence-corrected chi connectivity index (χ2v) is 8.15. The van der Waals surface area contributed by atoms with Crippen molar-refractivity contribution in [3.05, 3.63) is 92.7 Å². The number of nitrogens with zero attached hydrogens (tertiary/aromatic N) is 4. The van der Waals surface area contributed by atoms with Gasteiger partial charge in [0.15, 0.2) is 0 Å². The minimum Gasteiger partial charge on any atom is -0.347 e. The molecule has 0 aliphatic carbocycles. The third kappa shape index (κ3) is 4.40. The monoisotopic (exact) mass is 465 g/mol. The highest BCUT2D eigenvalue weighted by molar-refractivity contribution is 7.11. The van der Waals surface area contributed by atoms with Gasteiger partial charge in [-0.05, 0) is 30.2 Å². The number of rotatable bonds is 6. The topological polar surface area (TPSA) is 64.2 Å². The lowest BCUT2D eigenvalue weighted by Gasteiger charge is -2.08. The normalized spacial score (nSPS) is 10.7. The summed E-state index contributed by atoms with van der Waals surface area (Å²) in [6, 6.07) is 9.88. The maximum Gasteiger partial charge on any atom is 0.263 e. The van der Waals surface area contributed by atoms with Gasteiger partial charge in [0.05, 0.1) is 29.7 Å². The van der Waals surface area contributed by atoms with E-state index in [1.807, 2.05) is 6.92 Å². The molecule has 0 saturated heterocycles. The molecular formula is C23H17ClFN5OS. The van der Waals surface area contributed by atoms with E-state index in [1.165, 1.54) is 17.4 Å². The van der Waals surface area contributed by atoms with Crippen molar-refractivity contribution in [2.45, 2.75) is 19.9 Å². The zero-order valence-corrected chi connectivity index (χ0v) is 18.5. The number of nitrogens with one attached hydrogen (secondary N) is 1. The van der Waals surface area contributed by atoms with Gasteiger partial charge < -0.3 is 5.32 Å². The average molecular weight is 466 g/mol. The molecule has 0 aliphatic heterocycles. The quantitative estimate of drug-likeness (QED) is 0.364. The summed E-state index contributed by atoms with van der Waals surface area (Å²) in [6.07, 6.45) is 4.07. The van der Waals surface area contributed by atoms with Crippen LogP contribution in [0.1, 0.15) is 27.9 Å². The number of aryl methyl sites for hydroxylation is 1. The van der Waals surface area contributed by atoms with Gasteiger partial charge in [-0.25, -0.2) is 18.9 Å². The number of thiazole rings is 1. The molecule has 160 valence electrons. The molecule has 4 aromatic rings. The van der Waals surface area contributed by atoms with Crippen LogP contribution in [-0.2, 0) is 13.0 Å². The molecule has 6 nitrogen and oxygen atoms in total. The van der Waals surface area contributed by atoms with Crippen molar-refractivity contribution in [2.24, 2.45) is 0 Å². The van der Waals surface area contributed by atoms with Gasteiger partial charge in [0.1, 0.15) is 10.7 Å². The van der Waals surface area contributed by atoms with Crippen molar-refractivity contribution < 1.29 is 9.18 Å². The summed E-state index contributed by atoms with van der Waals surface area (Å²) in [5, 5.41) is 7.42. The smallest absolute Gasteiger partial charge is 0.263 e. The van der Waals surface area contributed by atoms with Gasteiger partial charge in [-0.3, -0.25) is 4.79 Å². The zero-order valence-electron chi connectivity index (χ0n) is 17.0. The molecule has 0 aliphatic rings. The van der Waals surface area contributed by atoms with Crippen molar-refractivity contribution in [1.82, 2.24) is 20.1 Å². The van der Waals surface area contributed by atoms with Gasteiger partial charge in [0, 0.05) is 28.9 Å². The van der Waals surface area contributed by atoms with Gasteiger partial charge in [-0.15, -0.1) is 11.3 Å². The maximum absolute atomic E-state index is 14.7. The van der Waals surface area contributed by atoms with Crippen LogP contribution in [0.25, 0.3) is 21.7 Å². The van der Waals surface area contributed by atoms with E-state index >= 15 is 0 Å². The number of halogens is 2. The van der Waals surface area contributed by atoms with Crippen LogP contribution in [0.5, 0.6) is 0 Å². The Balaban J connectivity index is 1.48. The van der Waals surface area contributed by atoms with Crippen LogP contribution in [0.3, 0.4) is 0 Å². The molecule has 0 unspecified atom stereocenters. The Labute approximate surface area is 193 Å². The Morgan fingerprint density at radius 1 is 1.28 bits per heavy atom. The van der Waals surface area contributed by atoms with Crippen LogP contribution in [0, 0.1) is 12.4 Å². The van der Waals surface area contributed by atoms with E-state index in [9.17, 15) is 9.18 Å². The Morgan fingerprint density at radius 3 is 2.84 bits per heavy atom. The van der Waals surface area contributed by atoms with Crippen molar-refractivity contribution >= 4 is 34.5 Å². The summed E-state index contributed by atoms with van der Waals surface area (Å²) in [5.41, 5.74) is 5.27. The molecule has 0 atom stereocenters. The van der Waals surface area contributed by atoms with E-state index in [4.69, 9.17) is 18.2 Å². The van der Waals surface area contributed by atoms with Crippen LogP contribution in [0.15, 0.2) is 54.3 Å². The highest BCUT2D eigenvalue weighted by Crippen LogP contribution is 2.30.